The number of amides is 1. The van der Waals surface area contributed by atoms with Gasteiger partial charge < -0.3 is 10.6 Å². The number of hydrogen-bond acceptors (Lipinski definition) is 2. The number of carbonyl (C=O) groups excluding carboxylic acids is 1. The largest absolute Gasteiger partial charge is 0.398 e. The van der Waals surface area contributed by atoms with Crippen LogP contribution in [0.4, 0.5) is 11.4 Å². The highest BCUT2D eigenvalue weighted by atomic mass is 16.2. The highest BCUT2D eigenvalue weighted by Crippen LogP contribution is 2.35. The summed E-state index contributed by atoms with van der Waals surface area (Å²) in [4.78, 5) is 14.4. The van der Waals surface area contributed by atoms with E-state index in [4.69, 9.17) is 5.73 Å². The van der Waals surface area contributed by atoms with E-state index in [0.29, 0.717) is 12.2 Å². The first-order chi connectivity index (χ1) is 9.49. The number of carbonyl (C=O) groups is 1. The van der Waals surface area contributed by atoms with E-state index < -0.39 is 0 Å². The maximum absolute atomic E-state index is 12.6. The van der Waals surface area contributed by atoms with E-state index >= 15 is 0 Å². The number of hydrogen-bond donors (Lipinski definition) is 1. The van der Waals surface area contributed by atoms with Gasteiger partial charge in [-0.15, -0.1) is 0 Å². The van der Waals surface area contributed by atoms with Crippen molar-refractivity contribution in [2.45, 2.75) is 27.3 Å². The average molecular weight is 266 g/mol. The highest BCUT2D eigenvalue weighted by molar-refractivity contribution is 6.11. The van der Waals surface area contributed by atoms with Gasteiger partial charge in [0.2, 0.25) is 0 Å². The number of nitrogens with two attached hydrogens (primary N) is 1. The molecule has 1 aliphatic rings. The van der Waals surface area contributed by atoms with Crippen molar-refractivity contribution in [3.05, 3.63) is 58.1 Å². The van der Waals surface area contributed by atoms with Crippen LogP contribution in [0.2, 0.25) is 0 Å². The molecule has 0 unspecified atom stereocenters. The number of rotatable bonds is 1. The average Bonchev–Trinajstić information content (AvgIpc) is 2.68. The van der Waals surface area contributed by atoms with Crippen molar-refractivity contribution in [1.29, 1.82) is 0 Å². The van der Waals surface area contributed by atoms with E-state index in [1.165, 1.54) is 5.56 Å². The van der Waals surface area contributed by atoms with Crippen LogP contribution in [0.25, 0.3) is 0 Å². The molecule has 0 spiro atoms. The van der Waals surface area contributed by atoms with Crippen LogP contribution in [0.5, 0.6) is 0 Å². The van der Waals surface area contributed by atoms with Gasteiger partial charge in [0, 0.05) is 16.8 Å². The lowest BCUT2D eigenvalue weighted by Crippen LogP contribution is -2.24. The maximum Gasteiger partial charge on any atom is 0.259 e. The third kappa shape index (κ3) is 1.78. The summed E-state index contributed by atoms with van der Waals surface area (Å²) in [5.41, 5.74) is 12.8. The van der Waals surface area contributed by atoms with E-state index in [2.05, 4.69) is 32.9 Å². The van der Waals surface area contributed by atoms with Crippen molar-refractivity contribution in [1.82, 2.24) is 0 Å². The Morgan fingerprint density at radius 1 is 1.10 bits per heavy atom. The number of aryl methyl sites for hydroxylation is 3. The Hall–Kier alpha value is -2.29. The summed E-state index contributed by atoms with van der Waals surface area (Å²) in [6.07, 6.45) is 0. The summed E-state index contributed by atoms with van der Waals surface area (Å²) >= 11 is 0. The molecule has 102 valence electrons. The minimum absolute atomic E-state index is 0.0438. The summed E-state index contributed by atoms with van der Waals surface area (Å²) in [5.74, 6) is 0.0438. The van der Waals surface area contributed by atoms with Crippen LogP contribution in [0.3, 0.4) is 0 Å². The lowest BCUT2D eigenvalue weighted by Gasteiger charge is -2.21. The standard InChI is InChI=1S/C17H18N2O/c1-10-7-11(2)16(12(3)8-10)19-9-14-13(17(19)20)5-4-6-15(14)18/h4-8H,9,18H2,1-3H3. The van der Waals surface area contributed by atoms with Crippen LogP contribution in [0.15, 0.2) is 30.3 Å². The van der Waals surface area contributed by atoms with Gasteiger partial charge in [-0.25, -0.2) is 0 Å². The molecule has 3 rings (SSSR count). The summed E-state index contributed by atoms with van der Waals surface area (Å²) in [5, 5.41) is 0. The number of benzene rings is 2. The zero-order chi connectivity index (χ0) is 14.4. The number of fused-ring (bicyclic) bond motifs is 1. The molecule has 3 nitrogen and oxygen atoms in total. The van der Waals surface area contributed by atoms with Gasteiger partial charge in [-0.2, -0.15) is 0 Å². The van der Waals surface area contributed by atoms with Crippen LogP contribution < -0.4 is 10.6 Å². The van der Waals surface area contributed by atoms with Gasteiger partial charge in [0.1, 0.15) is 0 Å². The van der Waals surface area contributed by atoms with Crippen molar-refractivity contribution < 1.29 is 4.79 Å². The summed E-state index contributed by atoms with van der Waals surface area (Å²) < 4.78 is 0. The van der Waals surface area contributed by atoms with Crippen LogP contribution in [-0.4, -0.2) is 5.91 Å². The van der Waals surface area contributed by atoms with Crippen molar-refractivity contribution in [3.63, 3.8) is 0 Å². The van der Waals surface area contributed by atoms with Crippen molar-refractivity contribution in [2.24, 2.45) is 0 Å². The molecule has 0 atom stereocenters. The zero-order valence-corrected chi connectivity index (χ0v) is 12.0. The van der Waals surface area contributed by atoms with Gasteiger partial charge in [-0.05, 0) is 44.0 Å². The van der Waals surface area contributed by atoms with Gasteiger partial charge in [-0.3, -0.25) is 4.79 Å². The second-order valence-corrected chi connectivity index (χ2v) is 5.51. The quantitative estimate of drug-likeness (QED) is 0.804. The predicted octanol–water partition coefficient (Wildman–Crippen LogP) is 3.35. The first kappa shape index (κ1) is 12.7. The fraction of sp³-hybridized carbons (Fsp3) is 0.235. The Balaban J connectivity index is 2.12. The first-order valence-corrected chi connectivity index (χ1v) is 6.76. The minimum atomic E-state index is 0.0438. The second-order valence-electron chi connectivity index (χ2n) is 5.51. The Morgan fingerprint density at radius 3 is 2.35 bits per heavy atom. The molecule has 3 heteroatoms. The monoisotopic (exact) mass is 266 g/mol. The molecule has 0 bridgehead atoms. The second kappa shape index (κ2) is 4.37. The van der Waals surface area contributed by atoms with Crippen LogP contribution in [0, 0.1) is 20.8 Å². The molecule has 0 saturated heterocycles. The number of anilines is 2. The smallest absolute Gasteiger partial charge is 0.259 e. The molecule has 0 saturated carbocycles. The Labute approximate surface area is 119 Å². The molecule has 2 N–H and O–H groups in total. The molecule has 1 amide bonds. The minimum Gasteiger partial charge on any atom is -0.398 e. The molecule has 0 fully saturated rings. The number of nitrogen functional groups attached to an aromatic ring is 1. The first-order valence-electron chi connectivity index (χ1n) is 6.76. The predicted molar refractivity (Wildman–Crippen MR) is 82.0 cm³/mol. The molecule has 1 heterocycles. The molecule has 2 aromatic rings. The summed E-state index contributed by atoms with van der Waals surface area (Å²) in [7, 11) is 0. The van der Waals surface area contributed by atoms with Crippen LogP contribution in [0.1, 0.15) is 32.6 Å². The van der Waals surface area contributed by atoms with Gasteiger partial charge in [0.05, 0.1) is 12.2 Å². The molecule has 2 aromatic carbocycles. The molecule has 0 radical (unpaired) electrons. The summed E-state index contributed by atoms with van der Waals surface area (Å²) in [6.45, 7) is 6.73. The van der Waals surface area contributed by atoms with E-state index in [-0.39, 0.29) is 5.91 Å². The van der Waals surface area contributed by atoms with E-state index in [9.17, 15) is 4.79 Å². The third-order valence-corrected chi connectivity index (χ3v) is 3.91. The third-order valence-electron chi connectivity index (χ3n) is 3.91. The Morgan fingerprint density at radius 2 is 1.75 bits per heavy atom. The molecular weight excluding hydrogens is 248 g/mol. The van der Waals surface area contributed by atoms with Gasteiger partial charge in [0.15, 0.2) is 0 Å². The lowest BCUT2D eigenvalue weighted by molar-refractivity contribution is 0.0996. The number of nitrogens with zero attached hydrogens (tertiary/aromatic N) is 1. The van der Waals surface area contributed by atoms with Crippen molar-refractivity contribution in [3.8, 4) is 0 Å². The fourth-order valence-corrected chi connectivity index (χ4v) is 3.14. The van der Waals surface area contributed by atoms with Crippen molar-refractivity contribution >= 4 is 17.3 Å². The van der Waals surface area contributed by atoms with Gasteiger partial charge in [-0.1, -0.05) is 23.8 Å². The zero-order valence-electron chi connectivity index (χ0n) is 12.0. The molecule has 0 aromatic heterocycles. The normalized spacial score (nSPS) is 13.8. The maximum atomic E-state index is 12.6. The topological polar surface area (TPSA) is 46.3 Å². The van der Waals surface area contributed by atoms with Crippen LogP contribution >= 0.6 is 0 Å². The fourth-order valence-electron chi connectivity index (χ4n) is 3.14. The van der Waals surface area contributed by atoms with Crippen molar-refractivity contribution in [2.75, 3.05) is 10.6 Å². The Bertz CT molecular complexity index is 696. The lowest BCUT2D eigenvalue weighted by atomic mass is 10.0. The summed E-state index contributed by atoms with van der Waals surface area (Å²) in [6, 6.07) is 9.77. The highest BCUT2D eigenvalue weighted by Gasteiger charge is 2.31. The van der Waals surface area contributed by atoms with E-state index in [1.807, 2.05) is 23.1 Å². The van der Waals surface area contributed by atoms with E-state index in [0.717, 1.165) is 27.9 Å². The molecule has 20 heavy (non-hydrogen) atoms. The van der Waals surface area contributed by atoms with Gasteiger partial charge >= 0.3 is 0 Å². The van der Waals surface area contributed by atoms with E-state index in [1.54, 1.807) is 0 Å². The molecule has 1 aliphatic heterocycles. The molecular formula is C17H18N2O. The SMILES string of the molecule is Cc1cc(C)c(N2Cc3c(N)cccc3C2=O)c(C)c1. The molecule has 0 aliphatic carbocycles. The van der Waals surface area contributed by atoms with Gasteiger partial charge in [0.25, 0.3) is 5.91 Å². The van der Waals surface area contributed by atoms with Crippen LogP contribution in [-0.2, 0) is 6.54 Å². The Kier molecular flexibility index (Phi) is 2.78.